The van der Waals surface area contributed by atoms with E-state index in [4.69, 9.17) is 10.2 Å². The van der Waals surface area contributed by atoms with Gasteiger partial charge in [0.2, 0.25) is 0 Å². The Hall–Kier alpha value is -2.36. The van der Waals surface area contributed by atoms with Crippen LogP contribution in [-0.2, 0) is 22.4 Å². The second-order valence-corrected chi connectivity index (χ2v) is 4.15. The number of allylic oxidation sites excluding steroid dienone is 1. The molecular formula is C15H16O4. The van der Waals surface area contributed by atoms with Crippen LogP contribution in [0.3, 0.4) is 0 Å². The predicted molar refractivity (Wildman–Crippen MR) is 72.0 cm³/mol. The van der Waals surface area contributed by atoms with E-state index in [2.05, 4.69) is 6.58 Å². The molecule has 4 nitrogen and oxygen atoms in total. The molecule has 0 atom stereocenters. The van der Waals surface area contributed by atoms with Crippen molar-refractivity contribution in [3.63, 3.8) is 0 Å². The normalized spacial score (nSPS) is 11.6. The summed E-state index contributed by atoms with van der Waals surface area (Å²) in [6.45, 7) is 4.96. The summed E-state index contributed by atoms with van der Waals surface area (Å²) in [5.74, 6) is -2.41. The Kier molecular flexibility index (Phi) is 5.06. The van der Waals surface area contributed by atoms with Crippen molar-refractivity contribution in [3.05, 3.63) is 59.2 Å². The van der Waals surface area contributed by atoms with Crippen molar-refractivity contribution in [2.75, 3.05) is 0 Å². The predicted octanol–water partition coefficient (Wildman–Crippen LogP) is 2.44. The van der Waals surface area contributed by atoms with E-state index in [0.717, 1.165) is 11.1 Å². The third-order valence-corrected chi connectivity index (χ3v) is 2.88. The topological polar surface area (TPSA) is 74.6 Å². The molecule has 1 aromatic rings. The first kappa shape index (κ1) is 14.7. The summed E-state index contributed by atoms with van der Waals surface area (Å²) < 4.78 is 0. The molecule has 0 spiro atoms. The molecule has 19 heavy (non-hydrogen) atoms. The van der Waals surface area contributed by atoms with Crippen molar-refractivity contribution >= 4 is 11.9 Å². The molecular weight excluding hydrogens is 244 g/mol. The van der Waals surface area contributed by atoms with Gasteiger partial charge < -0.3 is 10.2 Å². The lowest BCUT2D eigenvalue weighted by atomic mass is 9.95. The molecule has 1 rings (SSSR count). The Morgan fingerprint density at radius 2 is 1.74 bits per heavy atom. The highest BCUT2D eigenvalue weighted by atomic mass is 16.4. The van der Waals surface area contributed by atoms with Crippen LogP contribution in [0.15, 0.2) is 48.1 Å². The first-order chi connectivity index (χ1) is 8.97. The maximum atomic E-state index is 11.2. The van der Waals surface area contributed by atoms with Crippen LogP contribution in [0.1, 0.15) is 18.1 Å². The van der Waals surface area contributed by atoms with Crippen LogP contribution in [0.5, 0.6) is 0 Å². The third kappa shape index (κ3) is 3.81. The molecule has 0 unspecified atom stereocenters. The zero-order valence-electron chi connectivity index (χ0n) is 10.7. The van der Waals surface area contributed by atoms with Gasteiger partial charge in [-0.25, -0.2) is 9.59 Å². The van der Waals surface area contributed by atoms with Gasteiger partial charge in [0, 0.05) is 12.0 Å². The minimum atomic E-state index is -1.21. The summed E-state index contributed by atoms with van der Waals surface area (Å²) in [7, 11) is 0. The number of hydrogen-bond donors (Lipinski definition) is 2. The maximum absolute atomic E-state index is 11.2. The van der Waals surface area contributed by atoms with E-state index in [9.17, 15) is 9.59 Å². The zero-order valence-corrected chi connectivity index (χ0v) is 10.7. The monoisotopic (exact) mass is 260 g/mol. The van der Waals surface area contributed by atoms with E-state index >= 15 is 0 Å². The summed E-state index contributed by atoms with van der Waals surface area (Å²) in [5, 5.41) is 18.0. The van der Waals surface area contributed by atoms with Crippen LogP contribution >= 0.6 is 0 Å². The highest BCUT2D eigenvalue weighted by Gasteiger charge is 2.17. The Morgan fingerprint density at radius 3 is 2.21 bits per heavy atom. The Bertz CT molecular complexity index is 541. The van der Waals surface area contributed by atoms with E-state index in [1.165, 1.54) is 6.92 Å². The van der Waals surface area contributed by atoms with E-state index in [1.807, 2.05) is 12.1 Å². The zero-order chi connectivity index (χ0) is 14.4. The van der Waals surface area contributed by atoms with Crippen LogP contribution < -0.4 is 0 Å². The number of carboxylic acid groups (broad SMARTS) is 2. The van der Waals surface area contributed by atoms with Gasteiger partial charge >= 0.3 is 11.9 Å². The van der Waals surface area contributed by atoms with Gasteiger partial charge in [-0.2, -0.15) is 0 Å². The molecule has 1 aromatic carbocycles. The number of carboxylic acids is 2. The van der Waals surface area contributed by atoms with Gasteiger partial charge in [0.15, 0.2) is 0 Å². The Labute approximate surface area is 111 Å². The maximum Gasteiger partial charge on any atom is 0.332 e. The van der Waals surface area contributed by atoms with Crippen LogP contribution in [0.4, 0.5) is 0 Å². The quantitative estimate of drug-likeness (QED) is 0.608. The first-order valence-corrected chi connectivity index (χ1v) is 5.81. The van der Waals surface area contributed by atoms with Gasteiger partial charge in [-0.15, -0.1) is 6.58 Å². The fraction of sp³-hybridized carbons (Fsp3) is 0.200. The highest BCUT2D eigenvalue weighted by Crippen LogP contribution is 2.17. The molecule has 4 heteroatoms. The summed E-state index contributed by atoms with van der Waals surface area (Å²) in [5.41, 5.74) is 1.53. The molecule has 0 aliphatic heterocycles. The minimum Gasteiger partial charge on any atom is -0.478 e. The Morgan fingerprint density at radius 1 is 1.16 bits per heavy atom. The van der Waals surface area contributed by atoms with Gasteiger partial charge in [-0.05, 0) is 24.5 Å². The highest BCUT2D eigenvalue weighted by molar-refractivity contribution is 5.98. The van der Waals surface area contributed by atoms with Crippen LogP contribution in [-0.4, -0.2) is 22.2 Å². The standard InChI is InChI=1S/C15H16O4/c1-3-6-11-7-4-5-8-12(11)9-13(15(18)19)10(2)14(16)17/h3-5,7-8H,1,6,9H2,2H3,(H,16,17)(H,18,19)/b13-10-. The van der Waals surface area contributed by atoms with E-state index in [1.54, 1.807) is 18.2 Å². The Balaban J connectivity index is 3.18. The molecule has 2 N–H and O–H groups in total. The van der Waals surface area contributed by atoms with E-state index in [0.29, 0.717) is 6.42 Å². The second kappa shape index (κ2) is 6.54. The van der Waals surface area contributed by atoms with Gasteiger partial charge in [0.1, 0.15) is 0 Å². The molecule has 0 aromatic heterocycles. The van der Waals surface area contributed by atoms with Crippen molar-refractivity contribution in [1.29, 1.82) is 0 Å². The lowest BCUT2D eigenvalue weighted by molar-refractivity contribution is -0.136. The third-order valence-electron chi connectivity index (χ3n) is 2.88. The number of rotatable bonds is 6. The molecule has 0 fully saturated rings. The molecule has 0 aliphatic carbocycles. The fourth-order valence-electron chi connectivity index (χ4n) is 1.77. The minimum absolute atomic E-state index is 0.0935. The number of carbonyl (C=O) groups is 2. The van der Waals surface area contributed by atoms with E-state index < -0.39 is 11.9 Å². The van der Waals surface area contributed by atoms with Crippen molar-refractivity contribution in [1.82, 2.24) is 0 Å². The van der Waals surface area contributed by atoms with Gasteiger partial charge in [-0.1, -0.05) is 30.3 Å². The lowest BCUT2D eigenvalue weighted by Gasteiger charge is -2.09. The number of benzene rings is 1. The van der Waals surface area contributed by atoms with Gasteiger partial charge in [-0.3, -0.25) is 0 Å². The van der Waals surface area contributed by atoms with Crippen molar-refractivity contribution in [3.8, 4) is 0 Å². The molecule has 0 heterocycles. The summed E-state index contributed by atoms with van der Waals surface area (Å²) in [6.07, 6.45) is 2.44. The van der Waals surface area contributed by atoms with Crippen molar-refractivity contribution < 1.29 is 19.8 Å². The molecule has 0 saturated carbocycles. The fourth-order valence-corrected chi connectivity index (χ4v) is 1.77. The molecule has 0 aliphatic rings. The number of aliphatic carboxylic acids is 2. The average molecular weight is 260 g/mol. The van der Waals surface area contributed by atoms with E-state index in [-0.39, 0.29) is 17.6 Å². The molecule has 100 valence electrons. The number of hydrogen-bond acceptors (Lipinski definition) is 2. The lowest BCUT2D eigenvalue weighted by Crippen LogP contribution is -2.12. The van der Waals surface area contributed by atoms with Crippen LogP contribution in [0, 0.1) is 0 Å². The SMILES string of the molecule is C=CCc1ccccc1C/C(C(=O)O)=C(\C)C(=O)O. The first-order valence-electron chi connectivity index (χ1n) is 5.81. The van der Waals surface area contributed by atoms with Gasteiger partial charge in [0.25, 0.3) is 0 Å². The molecule has 0 bridgehead atoms. The molecule has 0 radical (unpaired) electrons. The smallest absolute Gasteiger partial charge is 0.332 e. The van der Waals surface area contributed by atoms with Gasteiger partial charge in [0.05, 0.1) is 5.57 Å². The molecule has 0 amide bonds. The average Bonchev–Trinajstić information content (AvgIpc) is 2.36. The summed E-state index contributed by atoms with van der Waals surface area (Å²) >= 11 is 0. The largest absolute Gasteiger partial charge is 0.478 e. The second-order valence-electron chi connectivity index (χ2n) is 4.15. The van der Waals surface area contributed by atoms with Crippen molar-refractivity contribution in [2.45, 2.75) is 19.8 Å². The summed E-state index contributed by atoms with van der Waals surface area (Å²) in [4.78, 5) is 22.1. The van der Waals surface area contributed by atoms with Crippen LogP contribution in [0.25, 0.3) is 0 Å². The van der Waals surface area contributed by atoms with Crippen LogP contribution in [0.2, 0.25) is 0 Å². The summed E-state index contributed by atoms with van der Waals surface area (Å²) in [6, 6.07) is 7.34. The van der Waals surface area contributed by atoms with Crippen molar-refractivity contribution in [2.24, 2.45) is 0 Å². The molecule has 0 saturated heterocycles.